The topological polar surface area (TPSA) is 109 Å². The summed E-state index contributed by atoms with van der Waals surface area (Å²) in [4.78, 5) is 30.8. The fraction of sp³-hybridized carbons (Fsp3) is 0. The molecule has 0 atom stereocenters. The number of carbonyl (C=O) groups excluding carboxylic acids is 2. The number of pyridine rings is 2. The van der Waals surface area contributed by atoms with Crippen LogP contribution in [0.5, 0.6) is 0 Å². The third kappa shape index (κ3) is 8.27. The van der Waals surface area contributed by atoms with Crippen molar-refractivity contribution in [2.24, 2.45) is 10.2 Å². The molecule has 4 rings (SSSR count). The molecule has 4 aromatic rings. The molecular formula is C26H22N6O2. The first-order valence-corrected chi connectivity index (χ1v) is 10.3. The molecule has 0 aliphatic carbocycles. The van der Waals surface area contributed by atoms with Gasteiger partial charge >= 0.3 is 0 Å². The highest BCUT2D eigenvalue weighted by Gasteiger charge is 2.02. The highest BCUT2D eigenvalue weighted by atomic mass is 16.2. The Kier molecular flexibility index (Phi) is 9.36. The van der Waals surface area contributed by atoms with Crippen molar-refractivity contribution in [3.05, 3.63) is 132 Å². The van der Waals surface area contributed by atoms with Crippen molar-refractivity contribution in [3.63, 3.8) is 0 Å². The summed E-state index contributed by atoms with van der Waals surface area (Å²) < 4.78 is 0. The predicted octanol–water partition coefficient (Wildman–Crippen LogP) is 3.69. The minimum atomic E-state index is -0.250. The van der Waals surface area contributed by atoms with Crippen LogP contribution in [0, 0.1) is 0 Å². The van der Waals surface area contributed by atoms with Crippen LogP contribution in [-0.2, 0) is 0 Å². The largest absolute Gasteiger partial charge is 0.271 e. The Morgan fingerprint density at radius 3 is 1.26 bits per heavy atom. The molecule has 34 heavy (non-hydrogen) atoms. The normalized spacial score (nSPS) is 10.4. The van der Waals surface area contributed by atoms with Crippen LogP contribution < -0.4 is 10.9 Å². The van der Waals surface area contributed by atoms with Gasteiger partial charge in [0.25, 0.3) is 11.8 Å². The van der Waals surface area contributed by atoms with Crippen LogP contribution in [0.3, 0.4) is 0 Å². The van der Waals surface area contributed by atoms with Crippen LogP contribution in [0.2, 0.25) is 0 Å². The van der Waals surface area contributed by atoms with Gasteiger partial charge in [-0.1, -0.05) is 60.7 Å². The number of aromatic nitrogens is 2. The minimum Gasteiger partial charge on any atom is -0.267 e. The second-order valence-electron chi connectivity index (χ2n) is 6.69. The fourth-order valence-electron chi connectivity index (χ4n) is 2.54. The Morgan fingerprint density at radius 1 is 0.559 bits per heavy atom. The molecule has 0 spiro atoms. The molecule has 2 amide bonds. The third-order valence-electron chi connectivity index (χ3n) is 4.24. The van der Waals surface area contributed by atoms with Crippen molar-refractivity contribution >= 4 is 24.2 Å². The average molecular weight is 451 g/mol. The predicted molar refractivity (Wildman–Crippen MR) is 131 cm³/mol. The first kappa shape index (κ1) is 23.7. The van der Waals surface area contributed by atoms with Crippen LogP contribution in [0.25, 0.3) is 0 Å². The van der Waals surface area contributed by atoms with Crippen molar-refractivity contribution in [1.82, 2.24) is 20.8 Å². The fourth-order valence-corrected chi connectivity index (χ4v) is 2.54. The molecule has 0 bridgehead atoms. The van der Waals surface area contributed by atoms with Crippen LogP contribution in [-0.4, -0.2) is 34.2 Å². The molecule has 8 heteroatoms. The molecule has 168 valence electrons. The number of rotatable bonds is 6. The van der Waals surface area contributed by atoms with Gasteiger partial charge in [0, 0.05) is 35.9 Å². The van der Waals surface area contributed by atoms with Gasteiger partial charge in [0.15, 0.2) is 0 Å². The van der Waals surface area contributed by atoms with Crippen molar-refractivity contribution in [2.45, 2.75) is 0 Å². The number of hydrogen-bond donors (Lipinski definition) is 2. The van der Waals surface area contributed by atoms with Crippen LogP contribution in [0.1, 0.15) is 31.8 Å². The second kappa shape index (κ2) is 13.4. The summed E-state index contributed by atoms with van der Waals surface area (Å²) in [5.74, 6) is -0.501. The lowest BCUT2D eigenvalue weighted by Gasteiger charge is -1.98. The number of nitrogens with zero attached hydrogens (tertiary/aromatic N) is 4. The van der Waals surface area contributed by atoms with E-state index >= 15 is 0 Å². The molecule has 0 unspecified atom stereocenters. The number of hydrazone groups is 2. The summed E-state index contributed by atoms with van der Waals surface area (Å²) in [6, 6.07) is 25.6. The summed E-state index contributed by atoms with van der Waals surface area (Å²) in [6.45, 7) is 0. The quantitative estimate of drug-likeness (QED) is 0.345. The summed E-state index contributed by atoms with van der Waals surface area (Å²) in [7, 11) is 0. The molecular weight excluding hydrogens is 428 g/mol. The molecule has 2 aromatic heterocycles. The summed E-state index contributed by atoms with van der Waals surface area (Å²) in [6.07, 6.45) is 9.45. The van der Waals surface area contributed by atoms with Gasteiger partial charge in [0.05, 0.1) is 12.4 Å². The third-order valence-corrected chi connectivity index (χ3v) is 4.24. The molecule has 0 aliphatic heterocycles. The number of carbonyl (C=O) groups is 2. The highest BCUT2D eigenvalue weighted by molar-refractivity contribution is 5.95. The van der Waals surface area contributed by atoms with E-state index < -0.39 is 0 Å². The van der Waals surface area contributed by atoms with Crippen molar-refractivity contribution in [1.29, 1.82) is 0 Å². The highest BCUT2D eigenvalue weighted by Crippen LogP contribution is 1.97. The summed E-state index contributed by atoms with van der Waals surface area (Å²) in [5, 5.41) is 7.75. The van der Waals surface area contributed by atoms with Gasteiger partial charge in [-0.15, -0.1) is 0 Å². The van der Waals surface area contributed by atoms with Crippen LogP contribution in [0.15, 0.2) is 120 Å². The van der Waals surface area contributed by atoms with Crippen molar-refractivity contribution in [3.8, 4) is 0 Å². The monoisotopic (exact) mass is 450 g/mol. The number of hydrogen-bond acceptors (Lipinski definition) is 6. The van der Waals surface area contributed by atoms with Gasteiger partial charge in [-0.05, 0) is 35.4 Å². The first-order chi connectivity index (χ1) is 16.7. The zero-order valence-corrected chi connectivity index (χ0v) is 18.2. The molecule has 2 heterocycles. The molecule has 2 N–H and O–H groups in total. The molecule has 0 saturated heterocycles. The van der Waals surface area contributed by atoms with E-state index in [1.54, 1.807) is 61.5 Å². The standard InChI is InChI=1S/2C13H11N3O/c2*17-13(12-6-8-14-9-7-12)16-15-10-11-4-2-1-3-5-11/h2*1-10H,(H,16,17)/b2*15-10+. The zero-order chi connectivity index (χ0) is 23.8. The molecule has 0 saturated carbocycles. The maximum Gasteiger partial charge on any atom is 0.271 e. The minimum absolute atomic E-state index is 0.250. The van der Waals surface area contributed by atoms with Crippen LogP contribution >= 0.6 is 0 Å². The molecule has 2 aromatic carbocycles. The average Bonchev–Trinajstić information content (AvgIpc) is 2.91. The van der Waals surface area contributed by atoms with Gasteiger partial charge in [-0.3, -0.25) is 19.6 Å². The maximum absolute atomic E-state index is 11.6. The number of nitrogens with one attached hydrogen (secondary N) is 2. The van der Waals surface area contributed by atoms with Gasteiger partial charge in [0.1, 0.15) is 0 Å². The van der Waals surface area contributed by atoms with E-state index in [0.717, 1.165) is 11.1 Å². The van der Waals surface area contributed by atoms with E-state index in [0.29, 0.717) is 11.1 Å². The lowest BCUT2D eigenvalue weighted by Crippen LogP contribution is -2.17. The van der Waals surface area contributed by atoms with Crippen LogP contribution in [0.4, 0.5) is 0 Å². The Balaban J connectivity index is 0.000000191. The van der Waals surface area contributed by atoms with E-state index in [-0.39, 0.29) is 11.8 Å². The Labute approximate surface area is 197 Å². The van der Waals surface area contributed by atoms with E-state index in [4.69, 9.17) is 0 Å². The molecule has 0 fully saturated rings. The van der Waals surface area contributed by atoms with Gasteiger partial charge in [-0.25, -0.2) is 10.9 Å². The number of amides is 2. The van der Waals surface area contributed by atoms with Gasteiger partial charge < -0.3 is 0 Å². The Hall–Kier alpha value is -4.98. The van der Waals surface area contributed by atoms with Crippen molar-refractivity contribution in [2.75, 3.05) is 0 Å². The SMILES string of the molecule is O=C(N/N=C/c1ccccc1)c1ccncc1.O=C(N/N=C/c1ccccc1)c1ccncc1. The Morgan fingerprint density at radius 2 is 0.912 bits per heavy atom. The van der Waals surface area contributed by atoms with E-state index in [1.807, 2.05) is 60.7 Å². The lowest BCUT2D eigenvalue weighted by atomic mass is 10.2. The smallest absolute Gasteiger partial charge is 0.267 e. The number of benzene rings is 2. The Bertz CT molecular complexity index is 1120. The molecule has 0 radical (unpaired) electrons. The zero-order valence-electron chi connectivity index (χ0n) is 18.2. The first-order valence-electron chi connectivity index (χ1n) is 10.3. The van der Waals surface area contributed by atoms with E-state index in [1.165, 1.54) is 0 Å². The molecule has 0 aliphatic rings. The summed E-state index contributed by atoms with van der Waals surface area (Å²) in [5.41, 5.74) is 7.83. The second-order valence-corrected chi connectivity index (χ2v) is 6.69. The van der Waals surface area contributed by atoms with Crippen molar-refractivity contribution < 1.29 is 9.59 Å². The maximum atomic E-state index is 11.6. The lowest BCUT2D eigenvalue weighted by molar-refractivity contribution is 0.0947. The van der Waals surface area contributed by atoms with E-state index in [9.17, 15) is 9.59 Å². The van der Waals surface area contributed by atoms with E-state index in [2.05, 4.69) is 31.0 Å². The van der Waals surface area contributed by atoms with Gasteiger partial charge in [-0.2, -0.15) is 10.2 Å². The molecule has 8 nitrogen and oxygen atoms in total. The summed E-state index contributed by atoms with van der Waals surface area (Å²) >= 11 is 0. The van der Waals surface area contributed by atoms with Gasteiger partial charge in [0.2, 0.25) is 0 Å².